The van der Waals surface area contributed by atoms with Crippen molar-refractivity contribution in [2.24, 2.45) is 0 Å². The quantitative estimate of drug-likeness (QED) is 0.386. The fourth-order valence-corrected chi connectivity index (χ4v) is 0.321. The number of nitrogens with one attached hydrogen (secondary N) is 1. The minimum Gasteiger partial charge on any atom is -0.750 e. The van der Waals surface area contributed by atoms with Gasteiger partial charge in [0, 0.05) is 0 Å². The largest absolute Gasteiger partial charge is 0.750 e. The SMILES string of the molecule is CNCOS(=O)[O-]. The Balaban J connectivity index is 2.82. The van der Waals surface area contributed by atoms with E-state index < -0.39 is 11.4 Å². The lowest BCUT2D eigenvalue weighted by atomic mass is 11.2. The maximum atomic E-state index is 9.50. The third-order valence-corrected chi connectivity index (χ3v) is 0.610. The normalized spacial score (nSPS) is 14.0. The van der Waals surface area contributed by atoms with Crippen LogP contribution in [-0.4, -0.2) is 22.5 Å². The Kier molecular flexibility index (Phi) is 4.21. The fourth-order valence-electron chi connectivity index (χ4n) is 0.107. The molecular weight excluding hydrogens is 118 g/mol. The minimum atomic E-state index is -2.38. The summed E-state index contributed by atoms with van der Waals surface area (Å²) in [6.07, 6.45) is 0. The number of hydrogen-bond donors (Lipinski definition) is 1. The zero-order valence-electron chi connectivity index (χ0n) is 3.84. The zero-order chi connectivity index (χ0) is 5.70. The van der Waals surface area contributed by atoms with Crippen LogP contribution in [0.1, 0.15) is 0 Å². The first kappa shape index (κ1) is 7.03. The van der Waals surface area contributed by atoms with Crippen LogP contribution in [0.25, 0.3) is 0 Å². The molecule has 5 heteroatoms. The Morgan fingerprint density at radius 3 is 2.71 bits per heavy atom. The summed E-state index contributed by atoms with van der Waals surface area (Å²) >= 11 is -2.38. The second-order valence-corrected chi connectivity index (χ2v) is 1.46. The first-order valence-corrected chi connectivity index (χ1v) is 2.64. The monoisotopic (exact) mass is 124 g/mol. The van der Waals surface area contributed by atoms with Crippen molar-refractivity contribution in [3.63, 3.8) is 0 Å². The highest BCUT2D eigenvalue weighted by Gasteiger charge is 1.75. The second kappa shape index (κ2) is 4.20. The van der Waals surface area contributed by atoms with Crippen molar-refractivity contribution in [1.29, 1.82) is 0 Å². The van der Waals surface area contributed by atoms with Crippen LogP contribution in [0.3, 0.4) is 0 Å². The summed E-state index contributed by atoms with van der Waals surface area (Å²) in [5.41, 5.74) is 0. The van der Waals surface area contributed by atoms with Crippen LogP contribution in [-0.2, 0) is 15.5 Å². The van der Waals surface area contributed by atoms with E-state index in [1.54, 1.807) is 7.05 Å². The first-order chi connectivity index (χ1) is 3.27. The van der Waals surface area contributed by atoms with Gasteiger partial charge in [0.1, 0.15) is 6.73 Å². The van der Waals surface area contributed by atoms with Gasteiger partial charge in [0.25, 0.3) is 0 Å². The van der Waals surface area contributed by atoms with E-state index in [2.05, 4.69) is 9.50 Å². The standard InChI is InChI=1S/C2H7NO3S/c1-3-2-6-7(4)5/h3H,2H2,1H3,(H,4,5)/p-1. The molecule has 0 aromatic rings. The van der Waals surface area contributed by atoms with Gasteiger partial charge in [-0.3, -0.25) is 9.50 Å². The zero-order valence-corrected chi connectivity index (χ0v) is 4.66. The predicted octanol–water partition coefficient (Wildman–Crippen LogP) is -1.03. The molecule has 7 heavy (non-hydrogen) atoms. The van der Waals surface area contributed by atoms with E-state index in [-0.39, 0.29) is 6.73 Å². The Hall–Kier alpha value is 0.0300. The van der Waals surface area contributed by atoms with Crippen molar-refractivity contribution in [2.45, 2.75) is 0 Å². The maximum absolute atomic E-state index is 9.50. The van der Waals surface area contributed by atoms with E-state index in [0.717, 1.165) is 0 Å². The van der Waals surface area contributed by atoms with E-state index in [1.807, 2.05) is 0 Å². The van der Waals surface area contributed by atoms with Crippen molar-refractivity contribution < 1.29 is 12.9 Å². The molecule has 0 aromatic heterocycles. The molecule has 0 fully saturated rings. The van der Waals surface area contributed by atoms with Crippen LogP contribution in [0, 0.1) is 0 Å². The molecule has 1 N–H and O–H groups in total. The molecule has 4 nitrogen and oxygen atoms in total. The Morgan fingerprint density at radius 2 is 2.57 bits per heavy atom. The van der Waals surface area contributed by atoms with Gasteiger partial charge in [-0.2, -0.15) is 0 Å². The average Bonchev–Trinajstić information content (AvgIpc) is 1.61. The van der Waals surface area contributed by atoms with Crippen LogP contribution in [0.15, 0.2) is 0 Å². The summed E-state index contributed by atoms with van der Waals surface area (Å²) in [5.74, 6) is 0. The summed E-state index contributed by atoms with van der Waals surface area (Å²) in [5, 5.41) is 2.48. The lowest BCUT2D eigenvalue weighted by molar-refractivity contribution is 0.283. The van der Waals surface area contributed by atoms with Crippen LogP contribution in [0.5, 0.6) is 0 Å². The average molecular weight is 124 g/mol. The first-order valence-electron chi connectivity index (χ1n) is 1.64. The lowest BCUT2D eigenvalue weighted by Crippen LogP contribution is -2.12. The van der Waals surface area contributed by atoms with E-state index in [1.165, 1.54) is 0 Å². The fraction of sp³-hybridized carbons (Fsp3) is 1.00. The molecule has 0 aliphatic carbocycles. The van der Waals surface area contributed by atoms with Gasteiger partial charge in [0.2, 0.25) is 0 Å². The lowest BCUT2D eigenvalue weighted by Gasteiger charge is -2.02. The van der Waals surface area contributed by atoms with Gasteiger partial charge in [-0.25, -0.2) is 4.21 Å². The summed E-state index contributed by atoms with van der Waals surface area (Å²) in [7, 11) is 1.59. The molecule has 1 unspecified atom stereocenters. The summed E-state index contributed by atoms with van der Waals surface area (Å²) in [6.45, 7) is 0.0378. The maximum Gasteiger partial charge on any atom is 0.113 e. The van der Waals surface area contributed by atoms with Crippen molar-refractivity contribution in [2.75, 3.05) is 13.8 Å². The molecule has 0 saturated carbocycles. The molecule has 0 amide bonds. The molecular formula is C2H6NO3S-. The third-order valence-electron chi connectivity index (χ3n) is 0.299. The van der Waals surface area contributed by atoms with Gasteiger partial charge in [0.05, 0.1) is 11.4 Å². The molecule has 0 aromatic carbocycles. The third kappa shape index (κ3) is 6.03. The van der Waals surface area contributed by atoms with Gasteiger partial charge in [0.15, 0.2) is 0 Å². The topological polar surface area (TPSA) is 61.4 Å². The van der Waals surface area contributed by atoms with Gasteiger partial charge in [-0.05, 0) is 7.05 Å². The molecule has 0 saturated heterocycles. The minimum absolute atomic E-state index is 0.0378. The van der Waals surface area contributed by atoms with Crippen molar-refractivity contribution in [3.8, 4) is 0 Å². The summed E-state index contributed by atoms with van der Waals surface area (Å²) in [6, 6.07) is 0. The predicted molar refractivity (Wildman–Crippen MR) is 23.9 cm³/mol. The Labute approximate surface area is 44.4 Å². The van der Waals surface area contributed by atoms with E-state index >= 15 is 0 Å². The molecule has 0 radical (unpaired) electrons. The van der Waals surface area contributed by atoms with E-state index in [9.17, 15) is 8.76 Å². The van der Waals surface area contributed by atoms with Gasteiger partial charge in [-0.1, -0.05) is 0 Å². The van der Waals surface area contributed by atoms with Crippen LogP contribution in [0.4, 0.5) is 0 Å². The number of rotatable bonds is 3. The highest BCUT2D eigenvalue weighted by atomic mass is 32.2. The molecule has 0 aliphatic rings. The Morgan fingerprint density at radius 1 is 2.00 bits per heavy atom. The highest BCUT2D eigenvalue weighted by molar-refractivity contribution is 7.74. The molecule has 0 bridgehead atoms. The van der Waals surface area contributed by atoms with Crippen molar-refractivity contribution in [1.82, 2.24) is 5.32 Å². The van der Waals surface area contributed by atoms with Crippen molar-refractivity contribution in [3.05, 3.63) is 0 Å². The molecule has 0 spiro atoms. The van der Waals surface area contributed by atoms with Gasteiger partial charge >= 0.3 is 0 Å². The molecule has 44 valence electrons. The van der Waals surface area contributed by atoms with Crippen LogP contribution in [0.2, 0.25) is 0 Å². The highest BCUT2D eigenvalue weighted by Crippen LogP contribution is 1.70. The Bertz CT molecular complexity index is 66.0. The number of hydrogen-bond acceptors (Lipinski definition) is 4. The molecule has 0 rings (SSSR count). The van der Waals surface area contributed by atoms with Gasteiger partial charge < -0.3 is 4.55 Å². The van der Waals surface area contributed by atoms with E-state index in [4.69, 9.17) is 0 Å². The molecule has 0 aliphatic heterocycles. The van der Waals surface area contributed by atoms with Crippen LogP contribution < -0.4 is 5.32 Å². The molecule has 1 atom stereocenters. The summed E-state index contributed by atoms with van der Waals surface area (Å²) in [4.78, 5) is 0. The van der Waals surface area contributed by atoms with Gasteiger partial charge in [-0.15, -0.1) is 0 Å². The van der Waals surface area contributed by atoms with Crippen molar-refractivity contribution >= 4 is 11.4 Å². The smallest absolute Gasteiger partial charge is 0.113 e. The summed E-state index contributed by atoms with van der Waals surface area (Å²) < 4.78 is 23.0. The molecule has 0 heterocycles. The van der Waals surface area contributed by atoms with Crippen LogP contribution >= 0.6 is 0 Å². The second-order valence-electron chi connectivity index (χ2n) is 0.820. The van der Waals surface area contributed by atoms with E-state index in [0.29, 0.717) is 0 Å².